The predicted molar refractivity (Wildman–Crippen MR) is 68.6 cm³/mol. The van der Waals surface area contributed by atoms with Crippen molar-refractivity contribution in [3.05, 3.63) is 0 Å². The molecule has 0 saturated carbocycles. The molecular formula is C13H21F3N2O3. The molecular weight excluding hydrogens is 289 g/mol. The Labute approximate surface area is 121 Å². The molecule has 0 aromatic heterocycles. The standard InChI is InChI=1S/C13H21F3N2O3/c1-8-5-18(6-10(7-19)21-8)12(20)11-3-2-9(4-17-11)13(14,15)16/h8-11,17,19H,2-7H2,1H3. The van der Waals surface area contributed by atoms with Crippen LogP contribution in [0, 0.1) is 5.92 Å². The number of amides is 1. The molecule has 2 rings (SSSR count). The number of nitrogens with zero attached hydrogens (tertiary/aromatic N) is 1. The third kappa shape index (κ3) is 4.08. The second kappa shape index (κ2) is 6.50. The number of nitrogens with one attached hydrogen (secondary N) is 1. The Morgan fingerprint density at radius 3 is 2.62 bits per heavy atom. The summed E-state index contributed by atoms with van der Waals surface area (Å²) in [4.78, 5) is 13.9. The minimum absolute atomic E-state index is 0.0315. The molecule has 8 heteroatoms. The minimum atomic E-state index is -4.21. The van der Waals surface area contributed by atoms with Crippen LogP contribution in [0.5, 0.6) is 0 Å². The molecule has 2 fully saturated rings. The number of alkyl halides is 3. The summed E-state index contributed by atoms with van der Waals surface area (Å²) in [5.41, 5.74) is 0. The van der Waals surface area contributed by atoms with Crippen molar-refractivity contribution in [2.45, 2.75) is 44.2 Å². The van der Waals surface area contributed by atoms with Crippen LogP contribution in [0.1, 0.15) is 19.8 Å². The van der Waals surface area contributed by atoms with Crippen LogP contribution in [0.2, 0.25) is 0 Å². The third-order valence-corrected chi connectivity index (χ3v) is 4.02. The van der Waals surface area contributed by atoms with Crippen LogP contribution in [0.4, 0.5) is 13.2 Å². The molecule has 2 N–H and O–H groups in total. The van der Waals surface area contributed by atoms with E-state index in [0.29, 0.717) is 6.54 Å². The first-order chi connectivity index (χ1) is 9.81. The van der Waals surface area contributed by atoms with Crippen LogP contribution in [0.3, 0.4) is 0 Å². The molecule has 0 aromatic rings. The van der Waals surface area contributed by atoms with Gasteiger partial charge in [-0.2, -0.15) is 13.2 Å². The van der Waals surface area contributed by atoms with E-state index in [0.717, 1.165) is 0 Å². The van der Waals surface area contributed by atoms with Crippen molar-refractivity contribution in [3.63, 3.8) is 0 Å². The van der Waals surface area contributed by atoms with Crippen molar-refractivity contribution in [2.24, 2.45) is 5.92 Å². The fourth-order valence-electron chi connectivity index (χ4n) is 2.89. The van der Waals surface area contributed by atoms with Gasteiger partial charge in [0.25, 0.3) is 0 Å². The summed E-state index contributed by atoms with van der Waals surface area (Å²) in [5.74, 6) is -1.58. The molecule has 0 radical (unpaired) electrons. The first-order valence-corrected chi connectivity index (χ1v) is 7.16. The smallest absolute Gasteiger partial charge is 0.393 e. The fraction of sp³-hybridized carbons (Fsp3) is 0.923. The molecule has 5 nitrogen and oxygen atoms in total. The van der Waals surface area contributed by atoms with Crippen LogP contribution in [0.25, 0.3) is 0 Å². The Kier molecular flexibility index (Phi) is 5.11. The summed E-state index contributed by atoms with van der Waals surface area (Å²) in [5, 5.41) is 11.8. The van der Waals surface area contributed by atoms with Crippen molar-refractivity contribution >= 4 is 5.91 Å². The van der Waals surface area contributed by atoms with Crippen LogP contribution >= 0.6 is 0 Å². The van der Waals surface area contributed by atoms with Crippen LogP contribution < -0.4 is 5.32 Å². The van der Waals surface area contributed by atoms with Gasteiger partial charge in [-0.3, -0.25) is 4.79 Å². The van der Waals surface area contributed by atoms with Crippen molar-refractivity contribution in [1.82, 2.24) is 10.2 Å². The van der Waals surface area contributed by atoms with E-state index in [-0.39, 0.29) is 44.5 Å². The average molecular weight is 310 g/mol. The van der Waals surface area contributed by atoms with Crippen molar-refractivity contribution in [2.75, 3.05) is 26.2 Å². The number of carbonyl (C=O) groups excluding carboxylic acids is 1. The van der Waals surface area contributed by atoms with Crippen molar-refractivity contribution in [3.8, 4) is 0 Å². The highest BCUT2D eigenvalue weighted by atomic mass is 19.4. The summed E-state index contributed by atoms with van der Waals surface area (Å²) in [6.07, 6.45) is -4.68. The Morgan fingerprint density at radius 2 is 2.10 bits per heavy atom. The minimum Gasteiger partial charge on any atom is -0.394 e. The van der Waals surface area contributed by atoms with E-state index < -0.39 is 24.2 Å². The molecule has 0 bridgehead atoms. The number of hydrogen-bond donors (Lipinski definition) is 2. The molecule has 122 valence electrons. The lowest BCUT2D eigenvalue weighted by Gasteiger charge is -2.39. The van der Waals surface area contributed by atoms with E-state index in [4.69, 9.17) is 9.84 Å². The zero-order valence-electron chi connectivity index (χ0n) is 11.9. The highest BCUT2D eigenvalue weighted by Gasteiger charge is 2.43. The monoisotopic (exact) mass is 310 g/mol. The number of ether oxygens (including phenoxy) is 1. The van der Waals surface area contributed by atoms with Gasteiger partial charge in [0, 0.05) is 19.6 Å². The fourth-order valence-corrected chi connectivity index (χ4v) is 2.89. The Hall–Kier alpha value is -0.860. The van der Waals surface area contributed by atoms with Crippen molar-refractivity contribution < 1.29 is 27.8 Å². The molecule has 2 heterocycles. The molecule has 0 aliphatic carbocycles. The second-order valence-corrected chi connectivity index (χ2v) is 5.77. The lowest BCUT2D eigenvalue weighted by Crippen LogP contribution is -2.57. The largest absolute Gasteiger partial charge is 0.394 e. The highest BCUT2D eigenvalue weighted by Crippen LogP contribution is 2.32. The van der Waals surface area contributed by atoms with E-state index in [1.54, 1.807) is 11.8 Å². The van der Waals surface area contributed by atoms with Gasteiger partial charge in [-0.25, -0.2) is 0 Å². The molecule has 4 unspecified atom stereocenters. The van der Waals surface area contributed by atoms with Crippen LogP contribution in [-0.4, -0.2) is 66.6 Å². The van der Waals surface area contributed by atoms with Gasteiger partial charge < -0.3 is 20.1 Å². The highest BCUT2D eigenvalue weighted by molar-refractivity contribution is 5.82. The average Bonchev–Trinajstić information content (AvgIpc) is 2.45. The lowest BCUT2D eigenvalue weighted by molar-refractivity contribution is -0.181. The SMILES string of the molecule is CC1CN(C(=O)C2CCC(C(F)(F)F)CN2)CC(CO)O1. The van der Waals surface area contributed by atoms with E-state index in [1.165, 1.54) is 0 Å². The van der Waals surface area contributed by atoms with Gasteiger partial charge in [0.2, 0.25) is 5.91 Å². The number of carbonyl (C=O) groups is 1. The van der Waals surface area contributed by atoms with E-state index >= 15 is 0 Å². The zero-order valence-corrected chi connectivity index (χ0v) is 11.9. The maximum atomic E-state index is 12.6. The number of morpholine rings is 1. The molecule has 0 aromatic carbocycles. The molecule has 2 aliphatic rings. The molecule has 2 aliphatic heterocycles. The molecule has 4 atom stereocenters. The number of aliphatic hydroxyl groups excluding tert-OH is 1. The molecule has 0 spiro atoms. The lowest BCUT2D eigenvalue weighted by atomic mass is 9.93. The van der Waals surface area contributed by atoms with E-state index in [9.17, 15) is 18.0 Å². The maximum absolute atomic E-state index is 12.6. The Balaban J connectivity index is 1.89. The topological polar surface area (TPSA) is 61.8 Å². The van der Waals surface area contributed by atoms with Gasteiger partial charge in [0.15, 0.2) is 0 Å². The quantitative estimate of drug-likeness (QED) is 0.781. The van der Waals surface area contributed by atoms with Crippen molar-refractivity contribution in [1.29, 1.82) is 0 Å². The number of halogens is 3. The number of rotatable bonds is 2. The van der Waals surface area contributed by atoms with E-state index in [1.807, 2.05) is 0 Å². The predicted octanol–water partition coefficient (Wildman–Crippen LogP) is 0.525. The number of aliphatic hydroxyl groups is 1. The third-order valence-electron chi connectivity index (χ3n) is 4.02. The summed E-state index contributed by atoms with van der Waals surface area (Å²) in [6, 6.07) is -0.576. The number of hydrogen-bond acceptors (Lipinski definition) is 4. The van der Waals surface area contributed by atoms with Crippen LogP contribution in [-0.2, 0) is 9.53 Å². The van der Waals surface area contributed by atoms with Gasteiger partial charge in [-0.15, -0.1) is 0 Å². The Morgan fingerprint density at radius 1 is 1.38 bits per heavy atom. The first-order valence-electron chi connectivity index (χ1n) is 7.16. The molecule has 21 heavy (non-hydrogen) atoms. The Bertz CT molecular complexity index is 370. The van der Waals surface area contributed by atoms with Gasteiger partial charge >= 0.3 is 6.18 Å². The molecule has 1 amide bonds. The normalized spacial score (nSPS) is 34.8. The van der Waals surface area contributed by atoms with Gasteiger partial charge in [0.05, 0.1) is 30.8 Å². The maximum Gasteiger partial charge on any atom is 0.393 e. The summed E-state index contributed by atoms with van der Waals surface area (Å²) in [7, 11) is 0. The van der Waals surface area contributed by atoms with E-state index in [2.05, 4.69) is 5.32 Å². The second-order valence-electron chi connectivity index (χ2n) is 5.77. The summed E-state index contributed by atoms with van der Waals surface area (Å²) >= 11 is 0. The first kappa shape index (κ1) is 16.5. The summed E-state index contributed by atoms with van der Waals surface area (Å²) in [6.45, 7) is 2.08. The van der Waals surface area contributed by atoms with Gasteiger partial charge in [-0.05, 0) is 19.8 Å². The summed E-state index contributed by atoms with van der Waals surface area (Å²) < 4.78 is 43.2. The van der Waals surface area contributed by atoms with Gasteiger partial charge in [0.1, 0.15) is 0 Å². The molecule has 2 saturated heterocycles. The van der Waals surface area contributed by atoms with Gasteiger partial charge in [-0.1, -0.05) is 0 Å². The number of piperidine rings is 1. The zero-order chi connectivity index (χ0) is 15.6. The van der Waals surface area contributed by atoms with Crippen LogP contribution in [0.15, 0.2) is 0 Å².